The van der Waals surface area contributed by atoms with Crippen LogP contribution in [0.3, 0.4) is 0 Å². The molecule has 0 spiro atoms. The van der Waals surface area contributed by atoms with Gasteiger partial charge in [0.15, 0.2) is 5.82 Å². The summed E-state index contributed by atoms with van der Waals surface area (Å²) in [7, 11) is 0. The molecule has 0 amide bonds. The lowest BCUT2D eigenvalue weighted by Crippen LogP contribution is -2.01. The zero-order chi connectivity index (χ0) is 14.1. The topological polar surface area (TPSA) is 69.6 Å². The van der Waals surface area contributed by atoms with E-state index >= 15 is 0 Å². The van der Waals surface area contributed by atoms with E-state index in [0.717, 1.165) is 16.8 Å². The SMILES string of the molecule is Cc1ccc(-n2nnnc2-c2cc(N)ccc2C)cc1. The second kappa shape index (κ2) is 4.77. The molecule has 0 radical (unpaired) electrons. The van der Waals surface area contributed by atoms with Crippen molar-refractivity contribution in [3.05, 3.63) is 53.6 Å². The zero-order valence-electron chi connectivity index (χ0n) is 11.4. The number of hydrogen-bond acceptors (Lipinski definition) is 4. The minimum absolute atomic E-state index is 0.693. The van der Waals surface area contributed by atoms with Crippen molar-refractivity contribution in [2.24, 2.45) is 0 Å². The van der Waals surface area contributed by atoms with E-state index in [2.05, 4.69) is 15.5 Å². The van der Waals surface area contributed by atoms with Crippen LogP contribution in [0.5, 0.6) is 0 Å². The smallest absolute Gasteiger partial charge is 0.187 e. The molecule has 100 valence electrons. The van der Waals surface area contributed by atoms with Crippen LogP contribution in [0.1, 0.15) is 11.1 Å². The molecule has 5 nitrogen and oxygen atoms in total. The third kappa shape index (κ3) is 2.14. The highest BCUT2D eigenvalue weighted by atomic mass is 15.5. The van der Waals surface area contributed by atoms with Crippen molar-refractivity contribution >= 4 is 5.69 Å². The van der Waals surface area contributed by atoms with Crippen LogP contribution in [-0.2, 0) is 0 Å². The van der Waals surface area contributed by atoms with Crippen LogP contribution in [0.25, 0.3) is 17.1 Å². The maximum Gasteiger partial charge on any atom is 0.187 e. The number of rotatable bonds is 2. The van der Waals surface area contributed by atoms with Gasteiger partial charge in [-0.1, -0.05) is 23.8 Å². The molecule has 2 aromatic carbocycles. The molecule has 0 fully saturated rings. The standard InChI is InChI=1S/C15H15N5/c1-10-3-7-13(8-4-10)20-15(17-18-19-20)14-9-12(16)6-5-11(14)2/h3-9H,16H2,1-2H3. The molecule has 0 bridgehead atoms. The highest BCUT2D eigenvalue weighted by Crippen LogP contribution is 2.25. The maximum atomic E-state index is 5.86. The fourth-order valence-corrected chi connectivity index (χ4v) is 2.10. The average molecular weight is 265 g/mol. The van der Waals surface area contributed by atoms with Gasteiger partial charge < -0.3 is 5.73 Å². The number of tetrazole rings is 1. The van der Waals surface area contributed by atoms with E-state index < -0.39 is 0 Å². The van der Waals surface area contributed by atoms with E-state index in [9.17, 15) is 0 Å². The van der Waals surface area contributed by atoms with Crippen molar-refractivity contribution in [1.29, 1.82) is 0 Å². The Hall–Kier alpha value is -2.69. The van der Waals surface area contributed by atoms with E-state index in [4.69, 9.17) is 5.73 Å². The lowest BCUT2D eigenvalue weighted by Gasteiger charge is -2.08. The Morgan fingerprint density at radius 1 is 1.00 bits per heavy atom. The van der Waals surface area contributed by atoms with Gasteiger partial charge in [0.1, 0.15) is 0 Å². The summed E-state index contributed by atoms with van der Waals surface area (Å²) in [6, 6.07) is 13.8. The molecule has 1 heterocycles. The third-order valence-electron chi connectivity index (χ3n) is 3.25. The van der Waals surface area contributed by atoms with Gasteiger partial charge in [-0.15, -0.1) is 5.10 Å². The monoisotopic (exact) mass is 265 g/mol. The number of nitrogens with zero attached hydrogens (tertiary/aromatic N) is 4. The molecule has 0 aliphatic rings. The van der Waals surface area contributed by atoms with Crippen molar-refractivity contribution in [3.63, 3.8) is 0 Å². The number of aromatic nitrogens is 4. The number of aryl methyl sites for hydroxylation is 2. The quantitative estimate of drug-likeness (QED) is 0.723. The second-order valence-electron chi connectivity index (χ2n) is 4.82. The first-order chi connectivity index (χ1) is 9.65. The maximum absolute atomic E-state index is 5.86. The van der Waals surface area contributed by atoms with Crippen LogP contribution >= 0.6 is 0 Å². The number of hydrogen-bond donors (Lipinski definition) is 1. The van der Waals surface area contributed by atoms with Gasteiger partial charge in [-0.3, -0.25) is 0 Å². The van der Waals surface area contributed by atoms with Crippen molar-refractivity contribution in [2.75, 3.05) is 5.73 Å². The Morgan fingerprint density at radius 2 is 1.75 bits per heavy atom. The lowest BCUT2D eigenvalue weighted by atomic mass is 10.1. The summed E-state index contributed by atoms with van der Waals surface area (Å²) in [6.45, 7) is 4.06. The van der Waals surface area contributed by atoms with Crippen molar-refractivity contribution in [3.8, 4) is 17.1 Å². The lowest BCUT2D eigenvalue weighted by molar-refractivity contribution is 0.791. The molecule has 0 unspecified atom stereocenters. The summed E-state index contributed by atoms with van der Waals surface area (Å²) in [4.78, 5) is 0. The van der Waals surface area contributed by atoms with Crippen LogP contribution in [0.2, 0.25) is 0 Å². The minimum Gasteiger partial charge on any atom is -0.399 e. The van der Waals surface area contributed by atoms with Crippen molar-refractivity contribution in [2.45, 2.75) is 13.8 Å². The molecule has 0 aliphatic carbocycles. The first-order valence-electron chi connectivity index (χ1n) is 6.37. The number of nitrogens with two attached hydrogens (primary N) is 1. The summed E-state index contributed by atoms with van der Waals surface area (Å²) in [5.74, 6) is 0.693. The van der Waals surface area contributed by atoms with E-state index in [1.54, 1.807) is 4.68 Å². The Labute approximate surface area is 117 Å². The molecule has 20 heavy (non-hydrogen) atoms. The zero-order valence-corrected chi connectivity index (χ0v) is 11.4. The van der Waals surface area contributed by atoms with Gasteiger partial charge in [-0.25, -0.2) is 0 Å². The highest BCUT2D eigenvalue weighted by molar-refractivity contribution is 5.66. The van der Waals surface area contributed by atoms with Gasteiger partial charge in [-0.2, -0.15) is 4.68 Å². The second-order valence-corrected chi connectivity index (χ2v) is 4.82. The molecule has 3 rings (SSSR count). The summed E-state index contributed by atoms with van der Waals surface area (Å²) >= 11 is 0. The first-order valence-corrected chi connectivity index (χ1v) is 6.37. The Morgan fingerprint density at radius 3 is 2.50 bits per heavy atom. The number of benzene rings is 2. The highest BCUT2D eigenvalue weighted by Gasteiger charge is 2.13. The van der Waals surface area contributed by atoms with E-state index in [0.29, 0.717) is 11.5 Å². The van der Waals surface area contributed by atoms with Gasteiger partial charge >= 0.3 is 0 Å². The molecule has 0 saturated carbocycles. The van der Waals surface area contributed by atoms with Crippen LogP contribution < -0.4 is 5.73 Å². The normalized spacial score (nSPS) is 10.7. The van der Waals surface area contributed by atoms with E-state index in [1.165, 1.54) is 5.56 Å². The van der Waals surface area contributed by atoms with Crippen LogP contribution in [0.15, 0.2) is 42.5 Å². The predicted octanol–water partition coefficient (Wildman–Crippen LogP) is 2.53. The Bertz CT molecular complexity index is 743. The van der Waals surface area contributed by atoms with Crippen molar-refractivity contribution in [1.82, 2.24) is 20.2 Å². The first kappa shape index (κ1) is 12.3. The fraction of sp³-hybridized carbons (Fsp3) is 0.133. The summed E-state index contributed by atoms with van der Waals surface area (Å²) in [6.07, 6.45) is 0. The molecular weight excluding hydrogens is 250 g/mol. The van der Waals surface area contributed by atoms with E-state index in [1.807, 2.05) is 56.3 Å². The van der Waals surface area contributed by atoms with Crippen LogP contribution in [-0.4, -0.2) is 20.2 Å². The fourth-order valence-electron chi connectivity index (χ4n) is 2.10. The Balaban J connectivity index is 2.15. The largest absolute Gasteiger partial charge is 0.399 e. The third-order valence-corrected chi connectivity index (χ3v) is 3.25. The minimum atomic E-state index is 0.693. The van der Waals surface area contributed by atoms with Crippen LogP contribution in [0.4, 0.5) is 5.69 Å². The van der Waals surface area contributed by atoms with Gasteiger partial charge in [0.25, 0.3) is 0 Å². The molecular formula is C15H15N5. The van der Waals surface area contributed by atoms with Gasteiger partial charge in [0.2, 0.25) is 0 Å². The molecule has 2 N–H and O–H groups in total. The molecule has 3 aromatic rings. The summed E-state index contributed by atoms with van der Waals surface area (Å²) in [5.41, 5.74) is 10.7. The van der Waals surface area contributed by atoms with E-state index in [-0.39, 0.29) is 0 Å². The predicted molar refractivity (Wildman–Crippen MR) is 78.5 cm³/mol. The molecule has 0 aliphatic heterocycles. The summed E-state index contributed by atoms with van der Waals surface area (Å²) in [5, 5.41) is 12.0. The number of anilines is 1. The average Bonchev–Trinajstić information content (AvgIpc) is 2.91. The molecule has 1 aromatic heterocycles. The number of nitrogen functional groups attached to an aromatic ring is 1. The Kier molecular flexibility index (Phi) is 2.95. The van der Waals surface area contributed by atoms with Gasteiger partial charge in [-0.05, 0) is 54.1 Å². The van der Waals surface area contributed by atoms with Crippen molar-refractivity contribution < 1.29 is 0 Å². The molecule has 5 heteroatoms. The van der Waals surface area contributed by atoms with Gasteiger partial charge in [0.05, 0.1) is 5.69 Å². The summed E-state index contributed by atoms with van der Waals surface area (Å²) < 4.78 is 1.72. The molecule has 0 atom stereocenters. The molecule has 0 saturated heterocycles. The van der Waals surface area contributed by atoms with Crippen LogP contribution in [0, 0.1) is 13.8 Å². The van der Waals surface area contributed by atoms with Gasteiger partial charge in [0, 0.05) is 11.3 Å².